The van der Waals surface area contributed by atoms with Gasteiger partial charge in [-0.05, 0) is 31.2 Å². The predicted octanol–water partition coefficient (Wildman–Crippen LogP) is 2.14. The molecule has 0 fully saturated rings. The van der Waals surface area contributed by atoms with E-state index in [1.807, 2.05) is 0 Å². The van der Waals surface area contributed by atoms with Crippen molar-refractivity contribution in [2.24, 2.45) is 0 Å². The quantitative estimate of drug-likeness (QED) is 0.811. The molecule has 112 valence electrons. The van der Waals surface area contributed by atoms with Gasteiger partial charge in [0.15, 0.2) is 12.0 Å². The Morgan fingerprint density at radius 1 is 0.952 bits per heavy atom. The molecule has 21 heavy (non-hydrogen) atoms. The summed E-state index contributed by atoms with van der Waals surface area (Å²) in [6.45, 7) is 1.80. The van der Waals surface area contributed by atoms with Crippen LogP contribution in [0.15, 0.2) is 33.1 Å². The monoisotopic (exact) mass is 298 g/mol. The average Bonchev–Trinajstić information content (AvgIpc) is 3.10. The maximum atomic E-state index is 10.2. The lowest BCUT2D eigenvalue weighted by atomic mass is 10.4. The van der Waals surface area contributed by atoms with Crippen molar-refractivity contribution in [3.63, 3.8) is 0 Å². The first-order valence-corrected chi connectivity index (χ1v) is 5.18. The van der Waals surface area contributed by atoms with Gasteiger partial charge in [-0.1, -0.05) is 0 Å². The molecule has 2 N–H and O–H groups in total. The first-order chi connectivity index (χ1) is 9.93. The van der Waals surface area contributed by atoms with E-state index >= 15 is 0 Å². The normalized spacial score (nSPS) is 8.62. The number of hydrogen-bond donors (Lipinski definition) is 2. The SMILES string of the molecule is Cc1ccc(C=O)o1.O=C(O)c1ccc(C(=O)O)o1.O=O. The summed E-state index contributed by atoms with van der Waals surface area (Å²) < 4.78 is 9.27. The number of carboxylic acid groups (broad SMARTS) is 2. The molecule has 2 rings (SSSR count). The Bertz CT molecular complexity index is 579. The Kier molecular flexibility index (Phi) is 7.45. The number of aldehydes is 1. The molecule has 0 amide bonds. The second kappa shape index (κ2) is 8.80. The van der Waals surface area contributed by atoms with Gasteiger partial charge in [-0.25, -0.2) is 9.59 Å². The summed E-state index contributed by atoms with van der Waals surface area (Å²) in [6.07, 6.45) is 0.688. The minimum absolute atomic E-state index is 0.373. The van der Waals surface area contributed by atoms with Gasteiger partial charge < -0.3 is 19.0 Å². The highest BCUT2D eigenvalue weighted by Gasteiger charge is 2.12. The fourth-order valence-corrected chi connectivity index (χ4v) is 1.08. The summed E-state index contributed by atoms with van der Waals surface area (Å²) in [6, 6.07) is 5.57. The maximum Gasteiger partial charge on any atom is 0.371 e. The zero-order valence-corrected chi connectivity index (χ0v) is 10.6. The minimum atomic E-state index is -1.28. The molecule has 2 aromatic heterocycles. The van der Waals surface area contributed by atoms with E-state index in [0.29, 0.717) is 12.0 Å². The highest BCUT2D eigenvalue weighted by Crippen LogP contribution is 2.06. The van der Waals surface area contributed by atoms with Crippen molar-refractivity contribution in [3.05, 3.63) is 57.2 Å². The zero-order valence-electron chi connectivity index (χ0n) is 10.6. The Hall–Kier alpha value is -3.23. The fraction of sp³-hybridized carbons (Fsp3) is 0.0833. The molecule has 2 heterocycles. The van der Waals surface area contributed by atoms with E-state index in [0.717, 1.165) is 17.9 Å². The van der Waals surface area contributed by atoms with Crippen LogP contribution >= 0.6 is 0 Å². The van der Waals surface area contributed by atoms with E-state index in [1.165, 1.54) is 0 Å². The van der Waals surface area contributed by atoms with Gasteiger partial charge in [-0.15, -0.1) is 0 Å². The number of carbonyl (C=O) groups excluding carboxylic acids is 1. The summed E-state index contributed by atoms with van der Waals surface area (Å²) >= 11 is 0. The molecule has 0 spiro atoms. The standard InChI is InChI=1S/C6H4O5.C6H6O2.O2/c7-5(8)3-1-2-4(11-3)6(9)10;1-5-2-3-6(4-7)8-5;1-2/h1-2H,(H,7,8)(H,9,10);2-4H,1H3;. The molecular formula is C12H10O9. The van der Waals surface area contributed by atoms with E-state index in [1.54, 1.807) is 19.1 Å². The summed E-state index contributed by atoms with van der Waals surface area (Å²) in [4.78, 5) is 44.2. The summed E-state index contributed by atoms with van der Waals surface area (Å²) in [7, 11) is 0. The molecule has 0 aliphatic heterocycles. The number of carboxylic acids is 2. The Balaban J connectivity index is 0.000000354. The Morgan fingerprint density at radius 2 is 1.43 bits per heavy atom. The van der Waals surface area contributed by atoms with Gasteiger partial charge in [0.25, 0.3) is 0 Å². The van der Waals surface area contributed by atoms with Crippen molar-refractivity contribution in [3.8, 4) is 0 Å². The number of furan rings is 2. The van der Waals surface area contributed by atoms with Crippen LogP contribution < -0.4 is 0 Å². The molecule has 9 heteroatoms. The number of hydrogen-bond acceptors (Lipinski definition) is 7. The van der Waals surface area contributed by atoms with E-state index in [2.05, 4.69) is 4.42 Å². The van der Waals surface area contributed by atoms with Crippen LogP contribution in [0, 0.1) is 16.9 Å². The Labute approximate surface area is 117 Å². The van der Waals surface area contributed by atoms with Crippen LogP contribution in [-0.2, 0) is 0 Å². The molecule has 0 aliphatic rings. The summed E-state index contributed by atoms with van der Waals surface area (Å²) in [5, 5.41) is 16.6. The van der Waals surface area contributed by atoms with Crippen molar-refractivity contribution in [1.82, 2.24) is 0 Å². The van der Waals surface area contributed by atoms with E-state index in [4.69, 9.17) is 24.6 Å². The van der Waals surface area contributed by atoms with E-state index in [-0.39, 0.29) is 11.5 Å². The molecule has 0 aromatic carbocycles. The molecule has 0 saturated carbocycles. The number of rotatable bonds is 3. The van der Waals surface area contributed by atoms with Crippen molar-refractivity contribution in [1.29, 1.82) is 0 Å². The molecule has 0 radical (unpaired) electrons. The minimum Gasteiger partial charge on any atom is -0.475 e. The lowest BCUT2D eigenvalue weighted by Gasteiger charge is -1.84. The van der Waals surface area contributed by atoms with Gasteiger partial charge in [-0.2, -0.15) is 0 Å². The molecular weight excluding hydrogens is 288 g/mol. The van der Waals surface area contributed by atoms with Crippen molar-refractivity contribution < 1.29 is 33.4 Å². The lowest BCUT2D eigenvalue weighted by molar-refractivity contribution is 0.0631. The molecule has 2 aromatic rings. The second-order valence-corrected chi connectivity index (χ2v) is 3.34. The van der Waals surface area contributed by atoms with Gasteiger partial charge in [0.2, 0.25) is 11.5 Å². The van der Waals surface area contributed by atoms with Crippen LogP contribution in [0.25, 0.3) is 0 Å². The van der Waals surface area contributed by atoms with Gasteiger partial charge >= 0.3 is 11.9 Å². The van der Waals surface area contributed by atoms with Crippen molar-refractivity contribution in [2.75, 3.05) is 0 Å². The van der Waals surface area contributed by atoms with Crippen molar-refractivity contribution >= 4 is 18.2 Å². The third-order valence-electron chi connectivity index (χ3n) is 1.90. The number of carbonyl (C=O) groups is 3. The fourth-order valence-electron chi connectivity index (χ4n) is 1.08. The van der Waals surface area contributed by atoms with Crippen LogP contribution in [0.1, 0.15) is 37.4 Å². The van der Waals surface area contributed by atoms with Crippen LogP contribution in [-0.4, -0.2) is 28.4 Å². The largest absolute Gasteiger partial charge is 0.475 e. The summed E-state index contributed by atoms with van der Waals surface area (Å²) in [5.41, 5.74) is 0. The van der Waals surface area contributed by atoms with Gasteiger partial charge in [-0.3, -0.25) is 4.79 Å². The molecule has 0 saturated heterocycles. The van der Waals surface area contributed by atoms with Crippen LogP contribution in [0.2, 0.25) is 0 Å². The smallest absolute Gasteiger partial charge is 0.371 e. The third kappa shape index (κ3) is 5.96. The lowest BCUT2D eigenvalue weighted by Crippen LogP contribution is -1.94. The average molecular weight is 298 g/mol. The topological polar surface area (TPSA) is 152 Å². The maximum absolute atomic E-state index is 10.2. The van der Waals surface area contributed by atoms with Crippen molar-refractivity contribution in [2.45, 2.75) is 6.92 Å². The molecule has 0 bridgehead atoms. The number of aromatic carboxylic acids is 2. The van der Waals surface area contributed by atoms with Crippen LogP contribution in [0.3, 0.4) is 0 Å². The molecule has 0 unspecified atom stereocenters. The van der Waals surface area contributed by atoms with E-state index < -0.39 is 11.9 Å². The third-order valence-corrected chi connectivity index (χ3v) is 1.90. The molecule has 0 atom stereocenters. The second-order valence-electron chi connectivity index (χ2n) is 3.34. The first-order valence-electron chi connectivity index (χ1n) is 5.18. The van der Waals surface area contributed by atoms with E-state index in [9.17, 15) is 14.4 Å². The summed E-state index contributed by atoms with van der Waals surface area (Å²) in [5.74, 6) is -2.14. The number of aryl methyl sites for hydroxylation is 1. The highest BCUT2D eigenvalue weighted by atomic mass is 16.7. The molecule has 0 aliphatic carbocycles. The van der Waals surface area contributed by atoms with Gasteiger partial charge in [0.05, 0.1) is 0 Å². The Morgan fingerprint density at radius 3 is 1.62 bits per heavy atom. The van der Waals surface area contributed by atoms with Gasteiger partial charge in [0, 0.05) is 9.93 Å². The molecule has 9 nitrogen and oxygen atoms in total. The predicted molar refractivity (Wildman–Crippen MR) is 68.2 cm³/mol. The first kappa shape index (κ1) is 17.8. The van der Waals surface area contributed by atoms with Gasteiger partial charge in [0.1, 0.15) is 5.76 Å². The zero-order chi connectivity index (χ0) is 16.4. The van der Waals surface area contributed by atoms with Crippen LogP contribution in [0.4, 0.5) is 0 Å². The van der Waals surface area contributed by atoms with Crippen LogP contribution in [0.5, 0.6) is 0 Å². The highest BCUT2D eigenvalue weighted by molar-refractivity contribution is 5.88.